The molecule has 1 heterocycles. The molecule has 25 heavy (non-hydrogen) atoms. The first kappa shape index (κ1) is 17.1. The number of halogens is 2. The van der Waals surface area contributed by atoms with Crippen LogP contribution in [0, 0.1) is 25.5 Å². The van der Waals surface area contributed by atoms with Crippen LogP contribution in [-0.2, 0) is 4.79 Å². The second-order valence-electron chi connectivity index (χ2n) is 6.23. The quantitative estimate of drug-likeness (QED) is 0.930. The molecule has 0 bridgehead atoms. The van der Waals surface area contributed by atoms with Crippen molar-refractivity contribution in [2.45, 2.75) is 26.3 Å². The lowest BCUT2D eigenvalue weighted by atomic mass is 10.1. The third kappa shape index (κ3) is 3.52. The van der Waals surface area contributed by atoms with Gasteiger partial charge in [0, 0.05) is 23.9 Å². The molecule has 2 aromatic rings. The van der Waals surface area contributed by atoms with Gasteiger partial charge in [-0.2, -0.15) is 0 Å². The van der Waals surface area contributed by atoms with Gasteiger partial charge in [0.25, 0.3) is 5.91 Å². The zero-order valence-corrected chi connectivity index (χ0v) is 14.0. The normalized spacial score (nSPS) is 17.0. The zero-order chi connectivity index (χ0) is 18.1. The van der Waals surface area contributed by atoms with Crippen molar-refractivity contribution in [2.24, 2.45) is 0 Å². The lowest BCUT2D eigenvalue weighted by Gasteiger charge is -2.18. The first-order valence-electron chi connectivity index (χ1n) is 8.01. The highest BCUT2D eigenvalue weighted by Gasteiger charge is 2.34. The summed E-state index contributed by atoms with van der Waals surface area (Å²) in [6.07, 6.45) is 0.440. The molecule has 130 valence electrons. The van der Waals surface area contributed by atoms with Gasteiger partial charge in [0.15, 0.2) is 0 Å². The second-order valence-corrected chi connectivity index (χ2v) is 6.23. The molecule has 0 aromatic heterocycles. The van der Waals surface area contributed by atoms with Crippen LogP contribution in [-0.4, -0.2) is 24.4 Å². The molecule has 3 rings (SSSR count). The molecule has 1 atom stereocenters. The van der Waals surface area contributed by atoms with E-state index in [1.54, 1.807) is 4.90 Å². The second kappa shape index (κ2) is 6.63. The van der Waals surface area contributed by atoms with Crippen molar-refractivity contribution in [1.29, 1.82) is 0 Å². The number of carbonyl (C=O) groups excluding carboxylic acids is 2. The van der Waals surface area contributed by atoms with Crippen LogP contribution in [0.15, 0.2) is 36.4 Å². The van der Waals surface area contributed by atoms with E-state index >= 15 is 0 Å². The Morgan fingerprint density at radius 3 is 2.40 bits per heavy atom. The molecule has 0 radical (unpaired) electrons. The fourth-order valence-electron chi connectivity index (χ4n) is 2.89. The summed E-state index contributed by atoms with van der Waals surface area (Å²) in [7, 11) is 0. The van der Waals surface area contributed by atoms with E-state index in [2.05, 4.69) is 5.32 Å². The Balaban J connectivity index is 1.73. The van der Waals surface area contributed by atoms with Crippen molar-refractivity contribution in [3.05, 3.63) is 64.7 Å². The fraction of sp³-hybridized carbons (Fsp3) is 0.263. The van der Waals surface area contributed by atoms with Gasteiger partial charge in [-0.1, -0.05) is 6.07 Å². The van der Waals surface area contributed by atoms with Crippen molar-refractivity contribution in [2.75, 3.05) is 11.4 Å². The summed E-state index contributed by atoms with van der Waals surface area (Å²) in [6, 6.07) is 7.61. The summed E-state index contributed by atoms with van der Waals surface area (Å²) in [4.78, 5) is 26.4. The van der Waals surface area contributed by atoms with E-state index in [-0.39, 0.29) is 11.5 Å². The SMILES string of the molecule is Cc1ccc(N2CC[C@@H](NC(=O)c3cc(F)cc(F)c3)C2=O)cc1C. The minimum atomic E-state index is -0.834. The predicted octanol–water partition coefficient (Wildman–Crippen LogP) is 3.12. The van der Waals surface area contributed by atoms with Crippen LogP contribution in [0.3, 0.4) is 0 Å². The van der Waals surface area contributed by atoms with Gasteiger partial charge in [0.2, 0.25) is 5.91 Å². The van der Waals surface area contributed by atoms with E-state index in [0.717, 1.165) is 28.9 Å². The van der Waals surface area contributed by atoms with Crippen LogP contribution in [0.5, 0.6) is 0 Å². The molecule has 1 saturated heterocycles. The molecule has 4 nitrogen and oxygen atoms in total. The Morgan fingerprint density at radius 2 is 1.76 bits per heavy atom. The molecule has 6 heteroatoms. The molecule has 0 saturated carbocycles. The van der Waals surface area contributed by atoms with Gasteiger partial charge in [0.1, 0.15) is 17.7 Å². The number of rotatable bonds is 3. The van der Waals surface area contributed by atoms with Crippen molar-refractivity contribution in [3.8, 4) is 0 Å². The zero-order valence-electron chi connectivity index (χ0n) is 14.0. The van der Waals surface area contributed by atoms with Crippen LogP contribution < -0.4 is 10.2 Å². The lowest BCUT2D eigenvalue weighted by Crippen LogP contribution is -2.41. The summed E-state index contributed by atoms with van der Waals surface area (Å²) >= 11 is 0. The van der Waals surface area contributed by atoms with E-state index in [0.29, 0.717) is 19.0 Å². The van der Waals surface area contributed by atoms with Crippen molar-refractivity contribution >= 4 is 17.5 Å². The predicted molar refractivity (Wildman–Crippen MR) is 90.5 cm³/mol. The third-order valence-electron chi connectivity index (χ3n) is 4.44. The fourth-order valence-corrected chi connectivity index (χ4v) is 2.89. The number of nitrogens with one attached hydrogen (secondary N) is 1. The monoisotopic (exact) mass is 344 g/mol. The molecule has 2 amide bonds. The lowest BCUT2D eigenvalue weighted by molar-refractivity contribution is -0.118. The smallest absolute Gasteiger partial charge is 0.252 e. The number of hydrogen-bond acceptors (Lipinski definition) is 2. The van der Waals surface area contributed by atoms with Gasteiger partial charge in [-0.15, -0.1) is 0 Å². The van der Waals surface area contributed by atoms with Crippen LogP contribution in [0.25, 0.3) is 0 Å². The number of hydrogen-bond donors (Lipinski definition) is 1. The summed E-state index contributed by atoms with van der Waals surface area (Å²) in [5.41, 5.74) is 2.85. The minimum absolute atomic E-state index is 0.144. The number of anilines is 1. The maximum atomic E-state index is 13.2. The van der Waals surface area contributed by atoms with Gasteiger partial charge in [0.05, 0.1) is 0 Å². The Morgan fingerprint density at radius 1 is 1.08 bits per heavy atom. The molecular weight excluding hydrogens is 326 g/mol. The van der Waals surface area contributed by atoms with Crippen LogP contribution in [0.1, 0.15) is 27.9 Å². The highest BCUT2D eigenvalue weighted by molar-refractivity contribution is 6.03. The summed E-state index contributed by atoms with van der Waals surface area (Å²) < 4.78 is 26.5. The van der Waals surface area contributed by atoms with Gasteiger partial charge in [-0.05, 0) is 55.7 Å². The molecule has 0 unspecified atom stereocenters. The molecule has 0 aliphatic carbocycles. The molecular formula is C19H18F2N2O2. The first-order chi connectivity index (χ1) is 11.8. The number of benzene rings is 2. The number of nitrogens with zero attached hydrogens (tertiary/aromatic N) is 1. The first-order valence-corrected chi connectivity index (χ1v) is 8.01. The van der Waals surface area contributed by atoms with E-state index in [1.165, 1.54) is 0 Å². The molecule has 2 aromatic carbocycles. The number of carbonyl (C=O) groups is 2. The van der Waals surface area contributed by atoms with Crippen LogP contribution in [0.2, 0.25) is 0 Å². The van der Waals surface area contributed by atoms with Gasteiger partial charge in [-0.25, -0.2) is 8.78 Å². The summed E-state index contributed by atoms with van der Waals surface area (Å²) in [5.74, 6) is -2.56. The average molecular weight is 344 g/mol. The largest absolute Gasteiger partial charge is 0.340 e. The topological polar surface area (TPSA) is 49.4 Å². The number of amides is 2. The molecule has 1 aliphatic heterocycles. The maximum Gasteiger partial charge on any atom is 0.252 e. The van der Waals surface area contributed by atoms with Crippen LogP contribution in [0.4, 0.5) is 14.5 Å². The van der Waals surface area contributed by atoms with Gasteiger partial charge >= 0.3 is 0 Å². The summed E-state index contributed by atoms with van der Waals surface area (Å²) in [6.45, 7) is 4.44. The highest BCUT2D eigenvalue weighted by Crippen LogP contribution is 2.24. The molecule has 1 fully saturated rings. The molecule has 0 spiro atoms. The summed E-state index contributed by atoms with van der Waals surface area (Å²) in [5, 5.41) is 2.56. The molecule has 1 aliphatic rings. The molecule has 1 N–H and O–H groups in total. The highest BCUT2D eigenvalue weighted by atomic mass is 19.1. The van der Waals surface area contributed by atoms with Crippen molar-refractivity contribution in [1.82, 2.24) is 5.32 Å². The van der Waals surface area contributed by atoms with Gasteiger partial charge < -0.3 is 10.2 Å². The minimum Gasteiger partial charge on any atom is -0.340 e. The number of aryl methyl sites for hydroxylation is 2. The maximum absolute atomic E-state index is 13.2. The van der Waals surface area contributed by atoms with Gasteiger partial charge in [-0.3, -0.25) is 9.59 Å². The Bertz CT molecular complexity index is 831. The Hall–Kier alpha value is -2.76. The van der Waals surface area contributed by atoms with E-state index < -0.39 is 23.6 Å². The Kier molecular flexibility index (Phi) is 4.53. The van der Waals surface area contributed by atoms with E-state index in [4.69, 9.17) is 0 Å². The third-order valence-corrected chi connectivity index (χ3v) is 4.44. The van der Waals surface area contributed by atoms with E-state index in [9.17, 15) is 18.4 Å². The Labute approximate surface area is 144 Å². The average Bonchev–Trinajstić information content (AvgIpc) is 2.90. The van der Waals surface area contributed by atoms with Crippen LogP contribution >= 0.6 is 0 Å². The van der Waals surface area contributed by atoms with Crippen molar-refractivity contribution in [3.63, 3.8) is 0 Å². The van der Waals surface area contributed by atoms with E-state index in [1.807, 2.05) is 32.0 Å². The standard InChI is InChI=1S/C19H18F2N2O2/c1-11-3-4-16(7-12(11)2)23-6-5-17(19(23)25)22-18(24)13-8-14(20)10-15(21)9-13/h3-4,7-10,17H,5-6H2,1-2H3,(H,22,24)/t17-/m1/s1. The van der Waals surface area contributed by atoms with Crippen molar-refractivity contribution < 1.29 is 18.4 Å².